The fourth-order valence-electron chi connectivity index (χ4n) is 2.07. The molecule has 0 aliphatic carbocycles. The van der Waals surface area contributed by atoms with E-state index in [2.05, 4.69) is 48.7 Å². The van der Waals surface area contributed by atoms with Crippen molar-refractivity contribution in [1.29, 1.82) is 0 Å². The summed E-state index contributed by atoms with van der Waals surface area (Å²) in [5.41, 5.74) is 2.66. The highest BCUT2D eigenvalue weighted by molar-refractivity contribution is 5.75. The Morgan fingerprint density at radius 1 is 1.21 bits per heavy atom. The van der Waals surface area contributed by atoms with Crippen LogP contribution in [0.1, 0.15) is 50.8 Å². The Morgan fingerprint density at radius 3 is 2.47 bits per heavy atom. The van der Waals surface area contributed by atoms with E-state index in [1.165, 1.54) is 17.5 Å². The minimum atomic E-state index is 0.112. The van der Waals surface area contributed by atoms with Crippen LogP contribution in [0, 0.1) is 0 Å². The average molecular weight is 262 g/mol. The zero-order valence-corrected chi connectivity index (χ0v) is 12.3. The van der Waals surface area contributed by atoms with Gasteiger partial charge in [0.1, 0.15) is 0 Å². The number of aryl methyl sites for hydroxylation is 1. The molecule has 1 atom stereocenters. The largest absolute Gasteiger partial charge is 0.356 e. The summed E-state index contributed by atoms with van der Waals surface area (Å²) in [5, 5.41) is 6.18. The summed E-state index contributed by atoms with van der Waals surface area (Å²) in [6, 6.07) is 9.02. The molecule has 0 saturated heterocycles. The molecule has 0 heterocycles. The van der Waals surface area contributed by atoms with Gasteiger partial charge in [0.25, 0.3) is 0 Å². The molecular weight excluding hydrogens is 236 g/mol. The summed E-state index contributed by atoms with van der Waals surface area (Å²) >= 11 is 0. The number of hydrogen-bond acceptors (Lipinski definition) is 2. The Kier molecular flexibility index (Phi) is 7.19. The molecule has 1 rings (SSSR count). The number of carbonyl (C=O) groups is 1. The molecule has 2 N–H and O–H groups in total. The second-order valence-electron chi connectivity index (χ2n) is 4.87. The lowest BCUT2D eigenvalue weighted by Gasteiger charge is -2.14. The Labute approximate surface area is 116 Å². The fraction of sp³-hybridized carbons (Fsp3) is 0.562. The van der Waals surface area contributed by atoms with Crippen LogP contribution >= 0.6 is 0 Å². The van der Waals surface area contributed by atoms with Crippen LogP contribution in [0.15, 0.2) is 24.3 Å². The van der Waals surface area contributed by atoms with Crippen LogP contribution in [0.3, 0.4) is 0 Å². The van der Waals surface area contributed by atoms with Gasteiger partial charge < -0.3 is 10.6 Å². The highest BCUT2D eigenvalue weighted by Crippen LogP contribution is 2.14. The van der Waals surface area contributed by atoms with Gasteiger partial charge in [-0.15, -0.1) is 0 Å². The van der Waals surface area contributed by atoms with Crippen molar-refractivity contribution in [2.45, 2.75) is 46.1 Å². The number of carbonyl (C=O) groups excluding carboxylic acids is 1. The number of rotatable bonds is 8. The van der Waals surface area contributed by atoms with E-state index >= 15 is 0 Å². The van der Waals surface area contributed by atoms with Crippen molar-refractivity contribution in [2.24, 2.45) is 0 Å². The van der Waals surface area contributed by atoms with Gasteiger partial charge in [0.05, 0.1) is 0 Å². The van der Waals surface area contributed by atoms with Crippen LogP contribution < -0.4 is 10.6 Å². The topological polar surface area (TPSA) is 41.1 Å². The third-order valence-corrected chi connectivity index (χ3v) is 3.19. The summed E-state index contributed by atoms with van der Waals surface area (Å²) in [5.74, 6) is 0.112. The standard InChI is InChI=1S/C16H26N2O/c1-4-6-14-7-9-15(10-8-14)13(3)18-12-11-16(19)17-5-2/h7-10,13,18H,4-6,11-12H2,1-3H3,(H,17,19). The normalized spacial score (nSPS) is 12.2. The zero-order chi connectivity index (χ0) is 14.1. The summed E-state index contributed by atoms with van der Waals surface area (Å²) < 4.78 is 0. The van der Waals surface area contributed by atoms with Gasteiger partial charge in [-0.2, -0.15) is 0 Å². The number of benzene rings is 1. The van der Waals surface area contributed by atoms with Gasteiger partial charge >= 0.3 is 0 Å². The lowest BCUT2D eigenvalue weighted by Crippen LogP contribution is -2.28. The predicted molar refractivity (Wildman–Crippen MR) is 80.2 cm³/mol. The molecule has 0 saturated carbocycles. The number of nitrogens with one attached hydrogen (secondary N) is 2. The molecule has 1 aromatic carbocycles. The van der Waals surface area contributed by atoms with E-state index in [9.17, 15) is 4.79 Å². The molecule has 0 radical (unpaired) electrons. The predicted octanol–water partition coefficient (Wildman–Crippen LogP) is 2.82. The Hall–Kier alpha value is -1.35. The maximum absolute atomic E-state index is 11.3. The first kappa shape index (κ1) is 15.7. The SMILES string of the molecule is CCCc1ccc(C(C)NCCC(=O)NCC)cc1. The van der Waals surface area contributed by atoms with Crippen molar-refractivity contribution >= 4 is 5.91 Å². The average Bonchev–Trinajstić information content (AvgIpc) is 2.40. The Morgan fingerprint density at radius 2 is 1.89 bits per heavy atom. The third kappa shape index (κ3) is 5.88. The maximum Gasteiger partial charge on any atom is 0.221 e. The lowest BCUT2D eigenvalue weighted by molar-refractivity contribution is -0.120. The molecule has 0 bridgehead atoms. The maximum atomic E-state index is 11.3. The molecule has 1 unspecified atom stereocenters. The molecule has 3 nitrogen and oxygen atoms in total. The van der Waals surface area contributed by atoms with Crippen molar-refractivity contribution in [3.63, 3.8) is 0 Å². The first-order valence-electron chi connectivity index (χ1n) is 7.26. The van der Waals surface area contributed by atoms with Crippen LogP contribution in [0.4, 0.5) is 0 Å². The van der Waals surface area contributed by atoms with E-state index in [0.717, 1.165) is 6.42 Å². The van der Waals surface area contributed by atoms with Crippen LogP contribution in [0.2, 0.25) is 0 Å². The number of hydrogen-bond donors (Lipinski definition) is 2. The summed E-state index contributed by atoms with van der Waals surface area (Å²) in [6.45, 7) is 7.68. The molecule has 106 valence electrons. The summed E-state index contributed by atoms with van der Waals surface area (Å²) in [7, 11) is 0. The molecule has 0 aromatic heterocycles. The first-order chi connectivity index (χ1) is 9.17. The molecule has 0 aliphatic rings. The van der Waals surface area contributed by atoms with Crippen LogP contribution in [0.5, 0.6) is 0 Å². The molecule has 1 aromatic rings. The minimum absolute atomic E-state index is 0.112. The van der Waals surface area contributed by atoms with E-state index in [1.807, 2.05) is 6.92 Å². The Bertz CT molecular complexity index is 373. The van der Waals surface area contributed by atoms with E-state index in [-0.39, 0.29) is 11.9 Å². The van der Waals surface area contributed by atoms with Crippen molar-refractivity contribution in [3.05, 3.63) is 35.4 Å². The highest BCUT2D eigenvalue weighted by Gasteiger charge is 2.05. The quantitative estimate of drug-likeness (QED) is 0.756. The molecule has 19 heavy (non-hydrogen) atoms. The van der Waals surface area contributed by atoms with Gasteiger partial charge in [0, 0.05) is 25.6 Å². The van der Waals surface area contributed by atoms with Crippen molar-refractivity contribution in [2.75, 3.05) is 13.1 Å². The van der Waals surface area contributed by atoms with E-state index < -0.39 is 0 Å². The van der Waals surface area contributed by atoms with Gasteiger partial charge in [-0.1, -0.05) is 37.6 Å². The van der Waals surface area contributed by atoms with Crippen LogP contribution in [0.25, 0.3) is 0 Å². The van der Waals surface area contributed by atoms with Gasteiger partial charge in [0.2, 0.25) is 5.91 Å². The van der Waals surface area contributed by atoms with E-state index in [0.29, 0.717) is 19.5 Å². The molecular formula is C16H26N2O. The van der Waals surface area contributed by atoms with Crippen LogP contribution in [-0.4, -0.2) is 19.0 Å². The lowest BCUT2D eigenvalue weighted by atomic mass is 10.0. The van der Waals surface area contributed by atoms with E-state index in [1.54, 1.807) is 0 Å². The van der Waals surface area contributed by atoms with Gasteiger partial charge in [-0.25, -0.2) is 0 Å². The van der Waals surface area contributed by atoms with Crippen LogP contribution in [-0.2, 0) is 11.2 Å². The molecule has 0 aliphatic heterocycles. The van der Waals surface area contributed by atoms with E-state index in [4.69, 9.17) is 0 Å². The molecule has 0 fully saturated rings. The Balaban J connectivity index is 2.36. The van der Waals surface area contributed by atoms with Crippen molar-refractivity contribution in [1.82, 2.24) is 10.6 Å². The molecule has 0 spiro atoms. The van der Waals surface area contributed by atoms with Gasteiger partial charge in [-0.3, -0.25) is 4.79 Å². The second kappa shape index (κ2) is 8.70. The third-order valence-electron chi connectivity index (χ3n) is 3.19. The highest BCUT2D eigenvalue weighted by atomic mass is 16.1. The minimum Gasteiger partial charge on any atom is -0.356 e. The molecule has 3 heteroatoms. The monoisotopic (exact) mass is 262 g/mol. The molecule has 1 amide bonds. The smallest absolute Gasteiger partial charge is 0.221 e. The summed E-state index contributed by atoms with van der Waals surface area (Å²) in [4.78, 5) is 11.3. The summed E-state index contributed by atoms with van der Waals surface area (Å²) in [6.07, 6.45) is 2.85. The fourth-order valence-corrected chi connectivity index (χ4v) is 2.07. The van der Waals surface area contributed by atoms with Gasteiger partial charge in [-0.05, 0) is 31.4 Å². The van der Waals surface area contributed by atoms with Crippen molar-refractivity contribution in [3.8, 4) is 0 Å². The zero-order valence-electron chi connectivity index (χ0n) is 12.3. The van der Waals surface area contributed by atoms with Gasteiger partial charge in [0.15, 0.2) is 0 Å². The first-order valence-corrected chi connectivity index (χ1v) is 7.26. The number of amides is 1. The van der Waals surface area contributed by atoms with Crippen molar-refractivity contribution < 1.29 is 4.79 Å². The second-order valence-corrected chi connectivity index (χ2v) is 4.87.